The first-order valence-electron chi connectivity index (χ1n) is 8.18. The zero-order valence-electron chi connectivity index (χ0n) is 15.0. The van der Waals surface area contributed by atoms with Crippen LogP contribution in [-0.4, -0.2) is 35.0 Å². The number of rotatable bonds is 4. The number of aromatic nitrogens is 3. The lowest BCUT2D eigenvalue weighted by Crippen LogP contribution is -2.30. The van der Waals surface area contributed by atoms with Gasteiger partial charge < -0.3 is 10.2 Å². The number of benzene rings is 2. The van der Waals surface area contributed by atoms with E-state index < -0.39 is 29.8 Å². The van der Waals surface area contributed by atoms with Crippen LogP contribution in [0.1, 0.15) is 5.56 Å². The van der Waals surface area contributed by atoms with Crippen molar-refractivity contribution in [2.24, 2.45) is 0 Å². The second kappa shape index (κ2) is 7.29. The topological polar surface area (TPSA) is 80.1 Å². The molecule has 3 aromatic rings. The fraction of sp³-hybridized carbons (Fsp3) is 0.222. The predicted molar refractivity (Wildman–Crippen MR) is 98.2 cm³/mol. The third-order valence-corrected chi connectivity index (χ3v) is 4.00. The Bertz CT molecular complexity index is 1090. The summed E-state index contributed by atoms with van der Waals surface area (Å²) in [7, 11) is 3.27. The lowest BCUT2D eigenvalue weighted by molar-refractivity contribution is -0.137. The van der Waals surface area contributed by atoms with Crippen LogP contribution in [0.2, 0.25) is 0 Å². The van der Waals surface area contributed by atoms with E-state index in [4.69, 9.17) is 0 Å². The number of carbonyl (C=O) groups is 1. The summed E-state index contributed by atoms with van der Waals surface area (Å²) < 4.78 is 39.9. The van der Waals surface area contributed by atoms with Crippen LogP contribution >= 0.6 is 0 Å². The van der Waals surface area contributed by atoms with E-state index in [9.17, 15) is 22.8 Å². The SMILES string of the molecule is CN(C)c1ccc(C(F)(F)F)cc1NC(=O)Cn1nnc2ccccc2c1=O. The molecule has 28 heavy (non-hydrogen) atoms. The Kier molecular flexibility index (Phi) is 5.04. The summed E-state index contributed by atoms with van der Waals surface area (Å²) in [6.45, 7) is -0.486. The lowest BCUT2D eigenvalue weighted by atomic mass is 10.1. The van der Waals surface area contributed by atoms with Crippen LogP contribution < -0.4 is 15.8 Å². The summed E-state index contributed by atoms with van der Waals surface area (Å²) in [5.41, 5.74) is -0.657. The largest absolute Gasteiger partial charge is 0.416 e. The van der Waals surface area contributed by atoms with E-state index in [1.807, 2.05) is 0 Å². The fourth-order valence-corrected chi connectivity index (χ4v) is 2.66. The van der Waals surface area contributed by atoms with Gasteiger partial charge in [0.1, 0.15) is 12.1 Å². The summed E-state index contributed by atoms with van der Waals surface area (Å²) >= 11 is 0. The minimum atomic E-state index is -4.55. The van der Waals surface area contributed by atoms with Crippen molar-refractivity contribution < 1.29 is 18.0 Å². The summed E-state index contributed by atoms with van der Waals surface area (Å²) in [4.78, 5) is 26.3. The molecule has 0 unspecified atom stereocenters. The fourth-order valence-electron chi connectivity index (χ4n) is 2.66. The number of nitrogens with zero attached hydrogens (tertiary/aromatic N) is 4. The van der Waals surface area contributed by atoms with Crippen LogP contribution in [0, 0.1) is 0 Å². The Labute approximate surface area is 157 Å². The van der Waals surface area contributed by atoms with Crippen molar-refractivity contribution in [2.45, 2.75) is 12.7 Å². The number of carbonyl (C=O) groups excluding carboxylic acids is 1. The molecule has 0 aliphatic rings. The van der Waals surface area contributed by atoms with E-state index in [1.54, 1.807) is 43.3 Å². The molecule has 0 fully saturated rings. The monoisotopic (exact) mass is 391 g/mol. The number of hydrogen-bond acceptors (Lipinski definition) is 5. The van der Waals surface area contributed by atoms with Gasteiger partial charge in [0.15, 0.2) is 0 Å². The average Bonchev–Trinajstić information content (AvgIpc) is 2.63. The first kappa shape index (κ1) is 19.3. The van der Waals surface area contributed by atoms with E-state index in [0.29, 0.717) is 16.6 Å². The molecule has 2 aromatic carbocycles. The number of alkyl halides is 3. The molecule has 10 heteroatoms. The van der Waals surface area contributed by atoms with Gasteiger partial charge in [0.2, 0.25) is 5.91 Å². The highest BCUT2D eigenvalue weighted by Crippen LogP contribution is 2.34. The molecule has 0 aliphatic heterocycles. The number of amides is 1. The molecular weight excluding hydrogens is 375 g/mol. The Balaban J connectivity index is 1.89. The molecule has 0 aliphatic carbocycles. The molecule has 3 rings (SSSR count). The summed E-state index contributed by atoms with van der Waals surface area (Å²) in [5, 5.41) is 10.3. The van der Waals surface area contributed by atoms with Gasteiger partial charge in [0.05, 0.1) is 22.3 Å². The normalized spacial score (nSPS) is 11.5. The molecule has 0 saturated heterocycles. The number of anilines is 2. The van der Waals surface area contributed by atoms with Gasteiger partial charge in [0.25, 0.3) is 5.56 Å². The second-order valence-corrected chi connectivity index (χ2v) is 6.24. The van der Waals surface area contributed by atoms with E-state index in [2.05, 4.69) is 15.6 Å². The van der Waals surface area contributed by atoms with Crippen molar-refractivity contribution in [2.75, 3.05) is 24.3 Å². The van der Waals surface area contributed by atoms with Crippen LogP contribution in [0.15, 0.2) is 47.3 Å². The highest BCUT2D eigenvalue weighted by atomic mass is 19.4. The first-order valence-corrected chi connectivity index (χ1v) is 8.18. The van der Waals surface area contributed by atoms with Crippen molar-refractivity contribution in [1.82, 2.24) is 15.0 Å². The van der Waals surface area contributed by atoms with Crippen molar-refractivity contribution in [1.29, 1.82) is 0 Å². The summed E-state index contributed by atoms with van der Waals surface area (Å²) in [6, 6.07) is 9.57. The highest BCUT2D eigenvalue weighted by molar-refractivity contribution is 5.94. The van der Waals surface area contributed by atoms with E-state index in [1.165, 1.54) is 6.07 Å². The molecule has 1 aromatic heterocycles. The van der Waals surface area contributed by atoms with Gasteiger partial charge in [-0.1, -0.05) is 17.3 Å². The van der Waals surface area contributed by atoms with Crippen LogP contribution in [0.25, 0.3) is 10.9 Å². The smallest absolute Gasteiger partial charge is 0.376 e. The molecule has 1 N–H and O–H groups in total. The van der Waals surface area contributed by atoms with Crippen LogP contribution in [-0.2, 0) is 17.5 Å². The van der Waals surface area contributed by atoms with Crippen molar-refractivity contribution in [3.05, 3.63) is 58.4 Å². The van der Waals surface area contributed by atoms with Crippen molar-refractivity contribution in [3.8, 4) is 0 Å². The van der Waals surface area contributed by atoms with Gasteiger partial charge in [-0.15, -0.1) is 5.10 Å². The Morgan fingerprint density at radius 3 is 2.57 bits per heavy atom. The van der Waals surface area contributed by atoms with Crippen LogP contribution in [0.4, 0.5) is 24.5 Å². The van der Waals surface area contributed by atoms with Gasteiger partial charge in [-0.3, -0.25) is 9.59 Å². The van der Waals surface area contributed by atoms with Crippen LogP contribution in [0.3, 0.4) is 0 Å². The molecule has 7 nitrogen and oxygen atoms in total. The molecule has 0 bridgehead atoms. The highest BCUT2D eigenvalue weighted by Gasteiger charge is 2.31. The zero-order valence-corrected chi connectivity index (χ0v) is 15.0. The third kappa shape index (κ3) is 3.95. The van der Waals surface area contributed by atoms with Gasteiger partial charge in [-0.05, 0) is 30.3 Å². The number of halogens is 3. The van der Waals surface area contributed by atoms with Gasteiger partial charge in [-0.2, -0.15) is 13.2 Å². The predicted octanol–water partition coefficient (Wildman–Crippen LogP) is 2.52. The van der Waals surface area contributed by atoms with Gasteiger partial charge in [-0.25, -0.2) is 4.68 Å². The third-order valence-electron chi connectivity index (χ3n) is 4.00. The molecule has 1 heterocycles. The number of fused-ring (bicyclic) bond motifs is 1. The van der Waals surface area contributed by atoms with E-state index >= 15 is 0 Å². The molecule has 0 saturated carbocycles. The molecule has 0 spiro atoms. The Morgan fingerprint density at radius 2 is 1.89 bits per heavy atom. The molecule has 146 valence electrons. The van der Waals surface area contributed by atoms with Gasteiger partial charge in [0, 0.05) is 14.1 Å². The van der Waals surface area contributed by atoms with Crippen molar-refractivity contribution in [3.63, 3.8) is 0 Å². The number of hydrogen-bond donors (Lipinski definition) is 1. The minimum absolute atomic E-state index is 0.0216. The number of nitrogens with one attached hydrogen (secondary N) is 1. The second-order valence-electron chi connectivity index (χ2n) is 6.24. The maximum Gasteiger partial charge on any atom is 0.416 e. The maximum absolute atomic E-state index is 13.0. The maximum atomic E-state index is 13.0. The first-order chi connectivity index (χ1) is 13.2. The average molecular weight is 391 g/mol. The van der Waals surface area contributed by atoms with Gasteiger partial charge >= 0.3 is 6.18 Å². The standard InChI is InChI=1S/C18H16F3N5O2/c1-25(2)15-8-7-11(18(19,20)21)9-14(15)22-16(27)10-26-17(28)12-5-3-4-6-13(12)23-24-26/h3-9H,10H2,1-2H3,(H,22,27). The molecule has 0 atom stereocenters. The molecular formula is C18H16F3N5O2. The molecule has 0 radical (unpaired) electrons. The quantitative estimate of drug-likeness (QED) is 0.739. The lowest BCUT2D eigenvalue weighted by Gasteiger charge is -2.19. The molecule has 1 amide bonds. The minimum Gasteiger partial charge on any atom is -0.376 e. The zero-order chi connectivity index (χ0) is 20.5. The van der Waals surface area contributed by atoms with Crippen LogP contribution in [0.5, 0.6) is 0 Å². The van der Waals surface area contributed by atoms with E-state index in [0.717, 1.165) is 16.8 Å². The Hall–Kier alpha value is -3.43. The van der Waals surface area contributed by atoms with E-state index in [-0.39, 0.29) is 5.69 Å². The Morgan fingerprint density at radius 1 is 1.18 bits per heavy atom. The summed E-state index contributed by atoms with van der Waals surface area (Å²) in [5.74, 6) is -0.700. The van der Waals surface area contributed by atoms with Crippen molar-refractivity contribution >= 4 is 28.2 Å². The summed E-state index contributed by atoms with van der Waals surface area (Å²) in [6.07, 6.45) is -4.55.